The Morgan fingerprint density at radius 2 is 1.81 bits per heavy atom. The van der Waals surface area contributed by atoms with E-state index in [-0.39, 0.29) is 5.78 Å². The van der Waals surface area contributed by atoms with Crippen LogP contribution in [0.5, 0.6) is 0 Å². The van der Waals surface area contributed by atoms with Crippen LogP contribution >= 0.6 is 11.6 Å². The predicted molar refractivity (Wildman–Crippen MR) is 87.9 cm³/mol. The second-order valence-electron chi connectivity index (χ2n) is 5.56. The normalized spacial score (nSPS) is 16.7. The van der Waals surface area contributed by atoms with E-state index in [1.807, 2.05) is 43.3 Å². The van der Waals surface area contributed by atoms with Gasteiger partial charge in [-0.05, 0) is 61.6 Å². The van der Waals surface area contributed by atoms with E-state index in [0.717, 1.165) is 41.5 Å². The van der Waals surface area contributed by atoms with E-state index in [1.165, 1.54) is 5.56 Å². The molecule has 1 aliphatic carbocycles. The second-order valence-corrected chi connectivity index (χ2v) is 6.00. The number of benzene rings is 2. The molecule has 0 aliphatic heterocycles. The van der Waals surface area contributed by atoms with Crippen molar-refractivity contribution in [2.45, 2.75) is 26.2 Å². The van der Waals surface area contributed by atoms with Crippen LogP contribution in [0, 0.1) is 6.92 Å². The molecule has 0 N–H and O–H groups in total. The number of halogens is 1. The van der Waals surface area contributed by atoms with E-state index in [0.29, 0.717) is 5.02 Å². The van der Waals surface area contributed by atoms with Crippen molar-refractivity contribution < 1.29 is 4.79 Å². The van der Waals surface area contributed by atoms with Crippen molar-refractivity contribution in [3.8, 4) is 0 Å². The quantitative estimate of drug-likeness (QED) is 0.519. The van der Waals surface area contributed by atoms with Gasteiger partial charge in [0.1, 0.15) is 0 Å². The Morgan fingerprint density at radius 3 is 2.57 bits per heavy atom. The second kappa shape index (κ2) is 5.87. The molecular weight excluding hydrogens is 280 g/mol. The van der Waals surface area contributed by atoms with Gasteiger partial charge in [0, 0.05) is 16.2 Å². The van der Waals surface area contributed by atoms with E-state index in [1.54, 1.807) is 0 Å². The third-order valence-electron chi connectivity index (χ3n) is 3.90. The van der Waals surface area contributed by atoms with E-state index in [2.05, 4.69) is 12.1 Å². The molecule has 0 radical (unpaired) electrons. The molecule has 0 aromatic heterocycles. The first-order valence-corrected chi connectivity index (χ1v) is 7.61. The minimum Gasteiger partial charge on any atom is -0.289 e. The van der Waals surface area contributed by atoms with Crippen LogP contribution < -0.4 is 0 Å². The van der Waals surface area contributed by atoms with Crippen molar-refractivity contribution in [1.29, 1.82) is 0 Å². The molecule has 0 spiro atoms. The maximum absolute atomic E-state index is 12.8. The Morgan fingerprint density at radius 1 is 1.05 bits per heavy atom. The molecule has 0 amide bonds. The number of hydrogen-bond donors (Lipinski definition) is 0. The molecule has 1 nitrogen and oxygen atoms in total. The molecule has 2 aromatic carbocycles. The summed E-state index contributed by atoms with van der Waals surface area (Å²) in [6.45, 7) is 2.03. The Bertz CT molecular complexity index is 711. The molecule has 2 heteroatoms. The van der Waals surface area contributed by atoms with Gasteiger partial charge in [0.2, 0.25) is 0 Å². The van der Waals surface area contributed by atoms with Crippen LogP contribution in [0.2, 0.25) is 5.02 Å². The van der Waals surface area contributed by atoms with Gasteiger partial charge >= 0.3 is 0 Å². The third kappa shape index (κ3) is 3.08. The molecule has 0 atom stereocenters. The number of carbonyl (C=O) groups is 1. The molecule has 21 heavy (non-hydrogen) atoms. The third-order valence-corrected chi connectivity index (χ3v) is 4.16. The summed E-state index contributed by atoms with van der Waals surface area (Å²) in [6.07, 6.45) is 4.81. The Hall–Kier alpha value is -1.86. The van der Waals surface area contributed by atoms with Crippen molar-refractivity contribution in [2.75, 3.05) is 0 Å². The SMILES string of the molecule is Cc1ccc2c(c1)C(=O)/C(=C\c1ccc(Cl)cc1)CCC2. The van der Waals surface area contributed by atoms with Crippen LogP contribution in [-0.4, -0.2) is 5.78 Å². The number of rotatable bonds is 1. The highest BCUT2D eigenvalue weighted by Crippen LogP contribution is 2.26. The Balaban J connectivity index is 2.00. The van der Waals surface area contributed by atoms with Gasteiger partial charge in [0.25, 0.3) is 0 Å². The lowest BCUT2D eigenvalue weighted by Gasteiger charge is -2.06. The summed E-state index contributed by atoms with van der Waals surface area (Å²) in [5.74, 6) is 0.168. The molecule has 106 valence electrons. The maximum Gasteiger partial charge on any atom is 0.189 e. The van der Waals surface area contributed by atoms with Gasteiger partial charge in [-0.3, -0.25) is 4.79 Å². The van der Waals surface area contributed by atoms with Crippen LogP contribution in [0.4, 0.5) is 0 Å². The molecule has 0 saturated heterocycles. The fourth-order valence-corrected chi connectivity index (χ4v) is 2.90. The van der Waals surface area contributed by atoms with Gasteiger partial charge in [-0.25, -0.2) is 0 Å². The zero-order valence-corrected chi connectivity index (χ0v) is 12.8. The van der Waals surface area contributed by atoms with Crippen molar-refractivity contribution in [3.63, 3.8) is 0 Å². The molecular formula is C19H17ClO. The molecule has 0 saturated carbocycles. The molecule has 0 fully saturated rings. The molecule has 3 rings (SSSR count). The van der Waals surface area contributed by atoms with Crippen molar-refractivity contribution in [2.24, 2.45) is 0 Å². The highest BCUT2D eigenvalue weighted by atomic mass is 35.5. The molecule has 0 bridgehead atoms. The lowest BCUT2D eigenvalue weighted by molar-refractivity contribution is 0.103. The predicted octanol–water partition coefficient (Wildman–Crippen LogP) is 5.25. The first-order chi connectivity index (χ1) is 10.1. The van der Waals surface area contributed by atoms with Crippen LogP contribution in [0.25, 0.3) is 6.08 Å². The van der Waals surface area contributed by atoms with Gasteiger partial charge in [0.15, 0.2) is 5.78 Å². The van der Waals surface area contributed by atoms with Gasteiger partial charge in [-0.2, -0.15) is 0 Å². The van der Waals surface area contributed by atoms with Gasteiger partial charge < -0.3 is 0 Å². The van der Waals surface area contributed by atoms with Crippen molar-refractivity contribution in [3.05, 3.63) is 75.3 Å². The number of allylic oxidation sites excluding steroid dienone is 1. The summed E-state index contributed by atoms with van der Waals surface area (Å²) in [5.41, 5.74) is 5.09. The first-order valence-electron chi connectivity index (χ1n) is 7.24. The minimum absolute atomic E-state index is 0.168. The van der Waals surface area contributed by atoms with Crippen LogP contribution in [-0.2, 0) is 6.42 Å². The topological polar surface area (TPSA) is 17.1 Å². The molecule has 0 unspecified atom stereocenters. The molecule has 2 aromatic rings. The van der Waals surface area contributed by atoms with Crippen LogP contribution in [0.15, 0.2) is 48.0 Å². The van der Waals surface area contributed by atoms with Crippen molar-refractivity contribution in [1.82, 2.24) is 0 Å². The summed E-state index contributed by atoms with van der Waals surface area (Å²) in [5, 5.41) is 0.713. The number of carbonyl (C=O) groups excluding carboxylic acids is 1. The van der Waals surface area contributed by atoms with E-state index < -0.39 is 0 Å². The highest BCUT2D eigenvalue weighted by molar-refractivity contribution is 6.30. The average Bonchev–Trinajstić information content (AvgIpc) is 2.62. The number of hydrogen-bond acceptors (Lipinski definition) is 1. The standard InChI is InChI=1S/C19H17ClO/c1-13-5-8-15-3-2-4-16(19(21)18(15)11-13)12-14-6-9-17(20)10-7-14/h5-12H,2-4H2,1H3/b16-12-. The molecule has 0 heterocycles. The average molecular weight is 297 g/mol. The zero-order valence-electron chi connectivity index (χ0n) is 12.0. The maximum atomic E-state index is 12.8. The minimum atomic E-state index is 0.168. The van der Waals surface area contributed by atoms with Crippen LogP contribution in [0.3, 0.4) is 0 Å². The number of fused-ring (bicyclic) bond motifs is 1. The Kier molecular flexibility index (Phi) is 3.94. The summed E-state index contributed by atoms with van der Waals surface area (Å²) in [4.78, 5) is 12.8. The van der Waals surface area contributed by atoms with E-state index in [9.17, 15) is 4.79 Å². The fraction of sp³-hybridized carbons (Fsp3) is 0.211. The highest BCUT2D eigenvalue weighted by Gasteiger charge is 2.19. The lowest BCUT2D eigenvalue weighted by Crippen LogP contribution is -2.04. The Labute approximate surface area is 130 Å². The van der Waals surface area contributed by atoms with E-state index >= 15 is 0 Å². The first kappa shape index (κ1) is 14.1. The largest absolute Gasteiger partial charge is 0.289 e. The summed E-state index contributed by atoms with van der Waals surface area (Å²) in [6, 6.07) is 13.8. The van der Waals surface area contributed by atoms with Gasteiger partial charge in [0.05, 0.1) is 0 Å². The smallest absolute Gasteiger partial charge is 0.189 e. The summed E-state index contributed by atoms with van der Waals surface area (Å²) in [7, 11) is 0. The fourth-order valence-electron chi connectivity index (χ4n) is 2.77. The summed E-state index contributed by atoms with van der Waals surface area (Å²) < 4.78 is 0. The van der Waals surface area contributed by atoms with Crippen LogP contribution in [0.1, 0.15) is 39.9 Å². The zero-order chi connectivity index (χ0) is 14.8. The number of aryl methyl sites for hydroxylation is 2. The molecule has 1 aliphatic rings. The monoisotopic (exact) mass is 296 g/mol. The van der Waals surface area contributed by atoms with Gasteiger partial charge in [-0.1, -0.05) is 41.4 Å². The lowest BCUT2D eigenvalue weighted by atomic mass is 9.97. The van der Waals surface area contributed by atoms with Gasteiger partial charge in [-0.15, -0.1) is 0 Å². The number of ketones is 1. The van der Waals surface area contributed by atoms with Crippen molar-refractivity contribution >= 4 is 23.5 Å². The van der Waals surface area contributed by atoms with E-state index in [4.69, 9.17) is 11.6 Å². The summed E-state index contributed by atoms with van der Waals surface area (Å²) >= 11 is 5.91. The number of Topliss-reactive ketones (excluding diaryl/α,β-unsaturated/α-hetero) is 1.